The number of carbonyl (C=O) groups is 1. The van der Waals surface area contributed by atoms with Crippen molar-refractivity contribution in [1.82, 2.24) is 9.55 Å². The summed E-state index contributed by atoms with van der Waals surface area (Å²) in [5.41, 5.74) is 1.31. The molecular weight excluding hydrogens is 279 g/mol. The Morgan fingerprint density at radius 3 is 2.95 bits per heavy atom. The van der Waals surface area contributed by atoms with Crippen LogP contribution in [0.15, 0.2) is 41.8 Å². The molecule has 0 spiro atoms. The lowest BCUT2D eigenvalue weighted by molar-refractivity contribution is -0.131. The first-order valence-corrected chi connectivity index (χ1v) is 6.84. The van der Waals surface area contributed by atoms with Gasteiger partial charge in [0, 0.05) is 31.3 Å². The molecule has 4 nitrogen and oxygen atoms in total. The minimum absolute atomic E-state index is 0.382. The third-order valence-corrected chi connectivity index (χ3v) is 3.67. The average molecular weight is 292 g/mol. The number of rotatable bonds is 5. The third-order valence-electron chi connectivity index (χ3n) is 2.54. The highest BCUT2D eigenvalue weighted by molar-refractivity contribution is 7.98. The predicted molar refractivity (Wildman–Crippen MR) is 75.8 cm³/mol. The molecular formula is C14H13FN2O2S. The van der Waals surface area contributed by atoms with Crippen LogP contribution in [0.2, 0.25) is 0 Å². The Morgan fingerprint density at radius 1 is 1.50 bits per heavy atom. The molecule has 1 aromatic carbocycles. The van der Waals surface area contributed by atoms with E-state index in [-0.39, 0.29) is 5.82 Å². The van der Waals surface area contributed by atoms with Crippen molar-refractivity contribution < 1.29 is 14.3 Å². The predicted octanol–water partition coefficient (Wildman–Crippen LogP) is 2.95. The number of aliphatic carboxylic acids is 1. The molecule has 0 aliphatic heterocycles. The number of aromatic nitrogens is 2. The summed E-state index contributed by atoms with van der Waals surface area (Å²) in [7, 11) is 1.89. The summed E-state index contributed by atoms with van der Waals surface area (Å²) in [6.45, 7) is 0. The SMILES string of the molecule is Cn1ccnc1SCc1cc(F)cc(C=CC(=O)O)c1. The number of carboxylic acids is 1. The van der Waals surface area contributed by atoms with Gasteiger partial charge in [0.05, 0.1) is 0 Å². The number of hydrogen-bond acceptors (Lipinski definition) is 3. The normalized spacial score (nSPS) is 11.1. The van der Waals surface area contributed by atoms with E-state index in [4.69, 9.17) is 5.11 Å². The summed E-state index contributed by atoms with van der Waals surface area (Å²) in [5.74, 6) is -0.873. The Bertz CT molecular complexity index is 652. The molecule has 2 rings (SSSR count). The Balaban J connectivity index is 2.12. The van der Waals surface area contributed by atoms with Crippen molar-refractivity contribution in [3.8, 4) is 0 Å². The fraction of sp³-hybridized carbons (Fsp3) is 0.143. The molecule has 0 bridgehead atoms. The number of halogens is 1. The molecule has 6 heteroatoms. The van der Waals surface area contributed by atoms with Gasteiger partial charge in [0.25, 0.3) is 0 Å². The zero-order valence-corrected chi connectivity index (χ0v) is 11.6. The van der Waals surface area contributed by atoms with Crippen LogP contribution >= 0.6 is 11.8 Å². The van der Waals surface area contributed by atoms with Gasteiger partial charge >= 0.3 is 5.97 Å². The van der Waals surface area contributed by atoms with Gasteiger partial charge in [-0.2, -0.15) is 0 Å². The zero-order chi connectivity index (χ0) is 14.5. The molecule has 0 amide bonds. The topological polar surface area (TPSA) is 55.1 Å². The van der Waals surface area contributed by atoms with Crippen LogP contribution in [0.3, 0.4) is 0 Å². The summed E-state index contributed by atoms with van der Waals surface area (Å²) in [6, 6.07) is 4.50. The summed E-state index contributed by atoms with van der Waals surface area (Å²) in [4.78, 5) is 14.6. The standard InChI is InChI=1S/C14H13FN2O2S/c1-17-5-4-16-14(17)20-9-11-6-10(2-3-13(18)19)7-12(15)8-11/h2-8H,9H2,1H3,(H,18,19). The van der Waals surface area contributed by atoms with E-state index < -0.39 is 5.97 Å². The Kier molecular flexibility index (Phi) is 4.57. The Labute approximate surface area is 120 Å². The average Bonchev–Trinajstić information content (AvgIpc) is 2.79. The molecule has 0 unspecified atom stereocenters. The fourth-order valence-electron chi connectivity index (χ4n) is 1.66. The highest BCUT2D eigenvalue weighted by Gasteiger charge is 2.04. The third kappa shape index (κ3) is 3.96. The Hall–Kier alpha value is -2.08. The molecule has 0 aliphatic rings. The summed E-state index contributed by atoms with van der Waals surface area (Å²) in [6.07, 6.45) is 5.91. The van der Waals surface area contributed by atoms with Crippen LogP contribution in [-0.4, -0.2) is 20.6 Å². The van der Waals surface area contributed by atoms with Gasteiger partial charge in [0.1, 0.15) is 5.82 Å². The van der Waals surface area contributed by atoms with Crippen LogP contribution in [0, 0.1) is 5.82 Å². The highest BCUT2D eigenvalue weighted by atomic mass is 32.2. The van der Waals surface area contributed by atoms with E-state index in [2.05, 4.69) is 4.98 Å². The highest BCUT2D eigenvalue weighted by Crippen LogP contribution is 2.22. The van der Waals surface area contributed by atoms with Gasteiger partial charge in [-0.25, -0.2) is 14.2 Å². The number of aryl methyl sites for hydroxylation is 1. The number of nitrogens with zero attached hydrogens (tertiary/aromatic N) is 2. The fourth-order valence-corrected chi connectivity index (χ4v) is 2.52. The molecule has 1 aromatic heterocycles. The van der Waals surface area contributed by atoms with Gasteiger partial charge in [-0.3, -0.25) is 0 Å². The maximum atomic E-state index is 13.5. The zero-order valence-electron chi connectivity index (χ0n) is 10.8. The molecule has 1 heterocycles. The summed E-state index contributed by atoms with van der Waals surface area (Å²) in [5, 5.41) is 9.42. The Morgan fingerprint density at radius 2 is 2.30 bits per heavy atom. The minimum Gasteiger partial charge on any atom is -0.478 e. The van der Waals surface area contributed by atoms with Crippen molar-refractivity contribution in [3.63, 3.8) is 0 Å². The van der Waals surface area contributed by atoms with Crippen LogP contribution in [0.1, 0.15) is 11.1 Å². The molecule has 20 heavy (non-hydrogen) atoms. The molecule has 0 radical (unpaired) electrons. The van der Waals surface area contributed by atoms with Crippen LogP contribution < -0.4 is 0 Å². The van der Waals surface area contributed by atoms with Crippen molar-refractivity contribution in [2.75, 3.05) is 0 Å². The number of imidazole rings is 1. The van der Waals surface area contributed by atoms with Crippen molar-refractivity contribution in [3.05, 3.63) is 53.6 Å². The van der Waals surface area contributed by atoms with E-state index in [1.54, 1.807) is 12.3 Å². The first-order chi connectivity index (χ1) is 9.54. The molecule has 1 N–H and O–H groups in total. The summed E-state index contributed by atoms with van der Waals surface area (Å²) >= 11 is 1.49. The second-order valence-electron chi connectivity index (χ2n) is 4.17. The van der Waals surface area contributed by atoms with Gasteiger partial charge in [0.15, 0.2) is 5.16 Å². The molecule has 0 atom stereocenters. The first-order valence-electron chi connectivity index (χ1n) is 5.85. The number of benzene rings is 1. The molecule has 0 saturated heterocycles. The smallest absolute Gasteiger partial charge is 0.328 e. The second-order valence-corrected chi connectivity index (χ2v) is 5.12. The molecule has 0 aliphatic carbocycles. The molecule has 104 valence electrons. The van der Waals surface area contributed by atoms with Gasteiger partial charge in [-0.15, -0.1) is 0 Å². The molecule has 0 fully saturated rings. The maximum Gasteiger partial charge on any atom is 0.328 e. The minimum atomic E-state index is -1.06. The van der Waals surface area contributed by atoms with Crippen LogP contribution in [-0.2, 0) is 17.6 Å². The van der Waals surface area contributed by atoms with E-state index in [0.717, 1.165) is 16.8 Å². The van der Waals surface area contributed by atoms with E-state index >= 15 is 0 Å². The van der Waals surface area contributed by atoms with E-state index in [0.29, 0.717) is 11.3 Å². The van der Waals surface area contributed by atoms with E-state index in [9.17, 15) is 9.18 Å². The van der Waals surface area contributed by atoms with Crippen molar-refractivity contribution in [2.24, 2.45) is 7.05 Å². The molecule has 0 saturated carbocycles. The lowest BCUT2D eigenvalue weighted by Gasteiger charge is -2.04. The largest absolute Gasteiger partial charge is 0.478 e. The lowest BCUT2D eigenvalue weighted by atomic mass is 10.1. The molecule has 2 aromatic rings. The number of carboxylic acid groups (broad SMARTS) is 1. The monoisotopic (exact) mass is 292 g/mol. The van der Waals surface area contributed by atoms with Gasteiger partial charge < -0.3 is 9.67 Å². The quantitative estimate of drug-likeness (QED) is 0.680. The second kappa shape index (κ2) is 6.38. The van der Waals surface area contributed by atoms with E-state index in [1.807, 2.05) is 17.8 Å². The number of hydrogen-bond donors (Lipinski definition) is 1. The van der Waals surface area contributed by atoms with Crippen molar-refractivity contribution in [1.29, 1.82) is 0 Å². The summed E-state index contributed by atoms with van der Waals surface area (Å²) < 4.78 is 15.4. The van der Waals surface area contributed by atoms with Crippen molar-refractivity contribution in [2.45, 2.75) is 10.9 Å². The first kappa shape index (κ1) is 14.3. The van der Waals surface area contributed by atoms with Gasteiger partial charge in [-0.05, 0) is 29.3 Å². The van der Waals surface area contributed by atoms with Crippen LogP contribution in [0.4, 0.5) is 4.39 Å². The van der Waals surface area contributed by atoms with Gasteiger partial charge in [-0.1, -0.05) is 17.8 Å². The maximum absolute atomic E-state index is 13.5. The van der Waals surface area contributed by atoms with E-state index in [1.165, 1.54) is 30.0 Å². The van der Waals surface area contributed by atoms with Crippen LogP contribution in [0.5, 0.6) is 0 Å². The number of thioether (sulfide) groups is 1. The van der Waals surface area contributed by atoms with Crippen molar-refractivity contribution >= 4 is 23.8 Å². The van der Waals surface area contributed by atoms with Gasteiger partial charge in [0.2, 0.25) is 0 Å². The lowest BCUT2D eigenvalue weighted by Crippen LogP contribution is -1.91. The van der Waals surface area contributed by atoms with Crippen LogP contribution in [0.25, 0.3) is 6.08 Å².